The maximum Gasteiger partial charge on any atom is 0.147 e. The van der Waals surface area contributed by atoms with Crippen molar-refractivity contribution < 1.29 is 8.83 Å². The van der Waals surface area contributed by atoms with Crippen LogP contribution in [0.1, 0.15) is 31.9 Å². The van der Waals surface area contributed by atoms with Gasteiger partial charge in [0.05, 0.1) is 11.1 Å². The van der Waals surface area contributed by atoms with Gasteiger partial charge >= 0.3 is 0 Å². The molecule has 0 N–H and O–H groups in total. The maximum absolute atomic E-state index is 6.53. The zero-order chi connectivity index (χ0) is 25.3. The number of aromatic nitrogens is 1. The normalized spacial score (nSPS) is 12.3. The smallest absolute Gasteiger partial charge is 0.147 e. The van der Waals surface area contributed by atoms with Gasteiger partial charge in [0.15, 0.2) is 0 Å². The van der Waals surface area contributed by atoms with Crippen LogP contribution in [0.4, 0.5) is 0 Å². The number of nitrogens with zero attached hydrogens (tertiary/aromatic N) is 1. The van der Waals surface area contributed by atoms with Gasteiger partial charge in [-0.2, -0.15) is 0 Å². The molecule has 0 aliphatic rings. The average Bonchev–Trinajstić information content (AvgIpc) is 3.46. The Morgan fingerprint density at radius 1 is 0.649 bits per heavy atom. The van der Waals surface area contributed by atoms with Crippen molar-refractivity contribution in [3.63, 3.8) is 0 Å². The summed E-state index contributed by atoms with van der Waals surface area (Å²) < 4.78 is 12.9. The van der Waals surface area contributed by atoms with Crippen molar-refractivity contribution in [2.75, 3.05) is 0 Å². The number of para-hydroxylation sites is 2. The summed E-state index contributed by atoms with van der Waals surface area (Å²) in [7, 11) is 0. The van der Waals surface area contributed by atoms with E-state index in [1.807, 2.05) is 36.5 Å². The molecule has 4 aromatic carbocycles. The molecule has 0 saturated carbocycles. The molecule has 0 radical (unpaired) electrons. The van der Waals surface area contributed by atoms with Crippen molar-refractivity contribution in [3.05, 3.63) is 102 Å². The lowest BCUT2D eigenvalue weighted by Crippen LogP contribution is -2.10. The van der Waals surface area contributed by atoms with Crippen molar-refractivity contribution in [1.29, 1.82) is 0 Å². The maximum atomic E-state index is 6.53. The fourth-order valence-corrected chi connectivity index (χ4v) is 5.42. The molecule has 0 spiro atoms. The van der Waals surface area contributed by atoms with Gasteiger partial charge in [-0.15, -0.1) is 0 Å². The fourth-order valence-electron chi connectivity index (χ4n) is 5.42. The van der Waals surface area contributed by atoms with Gasteiger partial charge in [-0.25, -0.2) is 0 Å². The zero-order valence-electron chi connectivity index (χ0n) is 21.4. The van der Waals surface area contributed by atoms with E-state index in [9.17, 15) is 0 Å². The monoisotopic (exact) mass is 481 g/mol. The Hall–Kier alpha value is -4.37. The Balaban J connectivity index is 1.55. The van der Waals surface area contributed by atoms with E-state index < -0.39 is 0 Å². The standard InChI is InChI=1S/C34H27NO2/c1-20-19-35-27(21-10-9-11-22(16-21)34(2,3)4)17-25(20)26-18-30-32(24-13-6-7-14-28(24)36-30)33-31(26)23-12-5-8-15-29(23)37-33/h5-19H,1-4H3. The van der Waals surface area contributed by atoms with Gasteiger partial charge in [0.2, 0.25) is 0 Å². The van der Waals surface area contributed by atoms with Crippen molar-refractivity contribution in [1.82, 2.24) is 4.98 Å². The largest absolute Gasteiger partial charge is 0.456 e. The summed E-state index contributed by atoms with van der Waals surface area (Å²) in [6.45, 7) is 8.84. The molecule has 3 heterocycles. The van der Waals surface area contributed by atoms with E-state index in [2.05, 4.69) is 82.3 Å². The van der Waals surface area contributed by atoms with Crippen LogP contribution in [0.15, 0.2) is 100.0 Å². The van der Waals surface area contributed by atoms with Crippen LogP contribution in [0.2, 0.25) is 0 Å². The molecule has 7 aromatic rings. The lowest BCUT2D eigenvalue weighted by atomic mass is 9.85. The second-order valence-corrected chi connectivity index (χ2v) is 10.9. The lowest BCUT2D eigenvalue weighted by molar-refractivity contribution is 0.590. The highest BCUT2D eigenvalue weighted by atomic mass is 16.3. The molecule has 180 valence electrons. The first-order valence-electron chi connectivity index (χ1n) is 12.7. The second-order valence-electron chi connectivity index (χ2n) is 10.9. The summed E-state index contributed by atoms with van der Waals surface area (Å²) in [4.78, 5) is 4.84. The van der Waals surface area contributed by atoms with Crippen LogP contribution >= 0.6 is 0 Å². The molecule has 7 rings (SSSR count). The van der Waals surface area contributed by atoms with Gasteiger partial charge in [0, 0.05) is 27.9 Å². The summed E-state index contributed by atoms with van der Waals surface area (Å²) in [5.74, 6) is 0. The minimum absolute atomic E-state index is 0.0672. The summed E-state index contributed by atoms with van der Waals surface area (Å²) in [5, 5.41) is 4.31. The predicted octanol–water partition coefficient (Wildman–Crippen LogP) is 9.82. The van der Waals surface area contributed by atoms with Gasteiger partial charge in [-0.3, -0.25) is 4.98 Å². The van der Waals surface area contributed by atoms with Crippen molar-refractivity contribution in [3.8, 4) is 22.4 Å². The summed E-state index contributed by atoms with van der Waals surface area (Å²) in [6, 6.07) is 29.5. The first kappa shape index (κ1) is 21.9. The number of rotatable bonds is 2. The highest BCUT2D eigenvalue weighted by Crippen LogP contribution is 2.45. The molecular formula is C34H27NO2. The van der Waals surface area contributed by atoms with E-state index >= 15 is 0 Å². The van der Waals surface area contributed by atoms with Crippen molar-refractivity contribution in [2.45, 2.75) is 33.1 Å². The van der Waals surface area contributed by atoms with E-state index in [1.165, 1.54) is 5.56 Å². The van der Waals surface area contributed by atoms with Gasteiger partial charge in [-0.05, 0) is 64.9 Å². The minimum Gasteiger partial charge on any atom is -0.456 e. The van der Waals surface area contributed by atoms with Crippen molar-refractivity contribution in [2.24, 2.45) is 0 Å². The molecule has 0 fully saturated rings. The van der Waals surface area contributed by atoms with Crippen LogP contribution in [0.5, 0.6) is 0 Å². The Morgan fingerprint density at radius 3 is 2.11 bits per heavy atom. The number of hydrogen-bond acceptors (Lipinski definition) is 3. The van der Waals surface area contributed by atoms with Crippen LogP contribution in [-0.2, 0) is 5.41 Å². The highest BCUT2D eigenvalue weighted by Gasteiger charge is 2.22. The summed E-state index contributed by atoms with van der Waals surface area (Å²) in [6.07, 6.45) is 1.98. The van der Waals surface area contributed by atoms with Crippen LogP contribution < -0.4 is 0 Å². The van der Waals surface area contributed by atoms with E-state index in [4.69, 9.17) is 13.8 Å². The van der Waals surface area contributed by atoms with Gasteiger partial charge < -0.3 is 8.83 Å². The number of hydrogen-bond donors (Lipinski definition) is 0. The number of pyridine rings is 1. The van der Waals surface area contributed by atoms with E-state index in [1.54, 1.807) is 0 Å². The van der Waals surface area contributed by atoms with E-state index in [-0.39, 0.29) is 5.41 Å². The van der Waals surface area contributed by atoms with E-state index in [0.29, 0.717) is 0 Å². The molecule has 3 heteroatoms. The molecule has 0 aliphatic carbocycles. The molecule has 0 atom stereocenters. The van der Waals surface area contributed by atoms with Crippen LogP contribution in [0.3, 0.4) is 0 Å². The quantitative estimate of drug-likeness (QED) is 0.247. The third-order valence-corrected chi connectivity index (χ3v) is 7.41. The number of furan rings is 2. The Kier molecular flexibility index (Phi) is 4.62. The molecule has 0 amide bonds. The molecule has 3 nitrogen and oxygen atoms in total. The number of benzene rings is 4. The third-order valence-electron chi connectivity index (χ3n) is 7.41. The average molecular weight is 482 g/mol. The first-order valence-corrected chi connectivity index (χ1v) is 12.7. The first-order chi connectivity index (χ1) is 17.9. The summed E-state index contributed by atoms with van der Waals surface area (Å²) >= 11 is 0. The lowest BCUT2D eigenvalue weighted by Gasteiger charge is -2.20. The minimum atomic E-state index is 0.0672. The molecular weight excluding hydrogens is 454 g/mol. The molecule has 0 aliphatic heterocycles. The zero-order valence-corrected chi connectivity index (χ0v) is 21.4. The van der Waals surface area contributed by atoms with Crippen LogP contribution in [0, 0.1) is 6.92 Å². The molecule has 0 saturated heterocycles. The topological polar surface area (TPSA) is 39.2 Å². The number of aryl methyl sites for hydroxylation is 1. The van der Waals surface area contributed by atoms with Crippen molar-refractivity contribution >= 4 is 43.9 Å². The third kappa shape index (κ3) is 3.38. The van der Waals surface area contributed by atoms with Crippen LogP contribution in [0.25, 0.3) is 66.3 Å². The van der Waals surface area contributed by atoms with Gasteiger partial charge in [0.1, 0.15) is 22.3 Å². The SMILES string of the molecule is Cc1cnc(-c2cccc(C(C)(C)C)c2)cc1-c1cc2oc3ccccc3c2c2oc3ccccc3c12. The van der Waals surface area contributed by atoms with Gasteiger partial charge in [0.25, 0.3) is 0 Å². The Labute approximate surface area is 215 Å². The molecule has 0 bridgehead atoms. The Morgan fingerprint density at radius 2 is 1.35 bits per heavy atom. The summed E-state index contributed by atoms with van der Waals surface area (Å²) in [5.41, 5.74) is 10.2. The molecule has 37 heavy (non-hydrogen) atoms. The Bertz CT molecular complexity index is 1980. The number of fused-ring (bicyclic) bond motifs is 7. The second kappa shape index (κ2) is 7.81. The van der Waals surface area contributed by atoms with Gasteiger partial charge in [-0.1, -0.05) is 75.4 Å². The predicted molar refractivity (Wildman–Crippen MR) is 153 cm³/mol. The molecule has 0 unspecified atom stereocenters. The van der Waals surface area contributed by atoms with Crippen LogP contribution in [-0.4, -0.2) is 4.98 Å². The highest BCUT2D eigenvalue weighted by molar-refractivity contribution is 6.26. The molecule has 3 aromatic heterocycles. The fraction of sp³-hybridized carbons (Fsp3) is 0.147. The van der Waals surface area contributed by atoms with E-state index in [0.717, 1.165) is 71.8 Å².